The topological polar surface area (TPSA) is 51.0 Å². The van der Waals surface area contributed by atoms with Crippen molar-refractivity contribution in [2.45, 2.75) is 19.9 Å². The van der Waals surface area contributed by atoms with Gasteiger partial charge < -0.3 is 9.84 Å². The summed E-state index contributed by atoms with van der Waals surface area (Å²) in [6, 6.07) is 5.91. The molecule has 0 aliphatic rings. The van der Waals surface area contributed by atoms with E-state index in [0.717, 1.165) is 24.5 Å². The van der Waals surface area contributed by atoms with E-state index in [1.54, 1.807) is 0 Å². The molecule has 1 aromatic carbocycles. The number of rotatable bonds is 5. The van der Waals surface area contributed by atoms with E-state index in [-0.39, 0.29) is 0 Å². The van der Waals surface area contributed by atoms with Gasteiger partial charge in [0.05, 0.1) is 0 Å². The van der Waals surface area contributed by atoms with Crippen LogP contribution in [0.15, 0.2) is 29.0 Å². The lowest BCUT2D eigenvalue weighted by Gasteiger charge is -2.07. The molecule has 2 rings (SSSR count). The van der Waals surface area contributed by atoms with E-state index in [9.17, 15) is 0 Å². The Bertz CT molecular complexity index is 471. The van der Waals surface area contributed by atoms with Gasteiger partial charge in [0.15, 0.2) is 6.33 Å². The molecule has 1 heterocycles. The molecule has 17 heavy (non-hydrogen) atoms. The first-order chi connectivity index (χ1) is 8.25. The van der Waals surface area contributed by atoms with E-state index in [2.05, 4.69) is 22.4 Å². The molecular formula is C12H14ClN3O. The number of halogens is 1. The molecular weight excluding hydrogens is 238 g/mol. The second kappa shape index (κ2) is 5.80. The van der Waals surface area contributed by atoms with Crippen molar-refractivity contribution in [3.05, 3.63) is 46.6 Å². The second-order valence-corrected chi connectivity index (χ2v) is 4.27. The number of benzene rings is 1. The summed E-state index contributed by atoms with van der Waals surface area (Å²) in [5.74, 6) is 0.658. The normalized spacial score (nSPS) is 10.7. The minimum absolute atomic E-state index is 0.658. The molecule has 0 aliphatic heterocycles. The fraction of sp³-hybridized carbons (Fsp3) is 0.333. The summed E-state index contributed by atoms with van der Waals surface area (Å²) in [5, 5.41) is 7.66. The average Bonchev–Trinajstić information content (AvgIpc) is 2.79. The third-order valence-corrected chi connectivity index (χ3v) is 2.78. The summed E-state index contributed by atoms with van der Waals surface area (Å²) in [6.07, 6.45) is 2.16. The molecule has 0 radical (unpaired) electrons. The van der Waals surface area contributed by atoms with Crippen LogP contribution in [0, 0.1) is 6.92 Å². The van der Waals surface area contributed by atoms with E-state index in [1.807, 2.05) is 18.2 Å². The third-order valence-electron chi connectivity index (χ3n) is 2.54. The van der Waals surface area contributed by atoms with E-state index in [1.165, 1.54) is 17.5 Å². The lowest BCUT2D eigenvalue weighted by Crippen LogP contribution is -2.17. The molecule has 0 amide bonds. The maximum Gasteiger partial charge on any atom is 0.227 e. The predicted molar refractivity (Wildman–Crippen MR) is 65.9 cm³/mol. The van der Waals surface area contributed by atoms with Gasteiger partial charge >= 0.3 is 0 Å². The maximum absolute atomic E-state index is 5.90. The van der Waals surface area contributed by atoms with Crippen molar-refractivity contribution in [2.75, 3.05) is 6.54 Å². The number of nitrogens with zero attached hydrogens (tertiary/aromatic N) is 2. The van der Waals surface area contributed by atoms with Crippen molar-refractivity contribution in [1.82, 2.24) is 15.5 Å². The summed E-state index contributed by atoms with van der Waals surface area (Å²) in [4.78, 5) is 3.95. The van der Waals surface area contributed by atoms with Gasteiger partial charge in [-0.25, -0.2) is 0 Å². The van der Waals surface area contributed by atoms with E-state index in [0.29, 0.717) is 5.89 Å². The lowest BCUT2D eigenvalue weighted by molar-refractivity contribution is 0.375. The van der Waals surface area contributed by atoms with Crippen LogP contribution in [-0.2, 0) is 13.0 Å². The number of nitrogens with one attached hydrogen (secondary N) is 1. The number of hydrogen-bond acceptors (Lipinski definition) is 4. The Labute approximate surface area is 105 Å². The maximum atomic E-state index is 5.90. The minimum atomic E-state index is 0.658. The molecule has 1 aromatic heterocycles. The van der Waals surface area contributed by atoms with Crippen LogP contribution in [0.4, 0.5) is 0 Å². The Balaban J connectivity index is 1.78. The first kappa shape index (κ1) is 12.1. The summed E-state index contributed by atoms with van der Waals surface area (Å²) in [7, 11) is 0. The molecule has 0 atom stereocenters. The van der Waals surface area contributed by atoms with Crippen LogP contribution in [0.25, 0.3) is 0 Å². The van der Waals surface area contributed by atoms with Crippen LogP contribution in [0.1, 0.15) is 17.0 Å². The van der Waals surface area contributed by atoms with Gasteiger partial charge in [0.2, 0.25) is 5.89 Å². The Morgan fingerprint density at radius 3 is 3.00 bits per heavy atom. The molecule has 0 spiro atoms. The van der Waals surface area contributed by atoms with Gasteiger partial charge in [-0.15, -0.1) is 0 Å². The van der Waals surface area contributed by atoms with Crippen molar-refractivity contribution in [1.29, 1.82) is 0 Å². The quantitative estimate of drug-likeness (QED) is 0.829. The van der Waals surface area contributed by atoms with Crippen molar-refractivity contribution in [2.24, 2.45) is 0 Å². The Morgan fingerprint density at radius 2 is 2.29 bits per heavy atom. The summed E-state index contributed by atoms with van der Waals surface area (Å²) < 4.78 is 4.91. The van der Waals surface area contributed by atoms with E-state index >= 15 is 0 Å². The van der Waals surface area contributed by atoms with E-state index in [4.69, 9.17) is 16.1 Å². The second-order valence-electron chi connectivity index (χ2n) is 3.83. The lowest BCUT2D eigenvalue weighted by atomic mass is 10.1. The van der Waals surface area contributed by atoms with Crippen LogP contribution >= 0.6 is 11.6 Å². The molecule has 90 valence electrons. The van der Waals surface area contributed by atoms with Crippen molar-refractivity contribution >= 4 is 11.6 Å². The smallest absolute Gasteiger partial charge is 0.227 e. The fourth-order valence-electron chi connectivity index (χ4n) is 1.58. The molecule has 0 fully saturated rings. The van der Waals surface area contributed by atoms with Crippen molar-refractivity contribution < 1.29 is 4.52 Å². The molecule has 0 saturated heterocycles. The van der Waals surface area contributed by atoms with E-state index < -0.39 is 0 Å². The van der Waals surface area contributed by atoms with Gasteiger partial charge in [0.25, 0.3) is 0 Å². The first-order valence-corrected chi connectivity index (χ1v) is 5.85. The minimum Gasteiger partial charge on any atom is -0.340 e. The fourth-order valence-corrected chi connectivity index (χ4v) is 1.81. The zero-order valence-electron chi connectivity index (χ0n) is 9.61. The third kappa shape index (κ3) is 3.54. The summed E-state index contributed by atoms with van der Waals surface area (Å²) in [6.45, 7) is 3.68. The van der Waals surface area contributed by atoms with Crippen molar-refractivity contribution in [3.8, 4) is 0 Å². The molecule has 0 saturated carbocycles. The largest absolute Gasteiger partial charge is 0.340 e. The van der Waals surface area contributed by atoms with Crippen molar-refractivity contribution in [3.63, 3.8) is 0 Å². The molecule has 1 N–H and O–H groups in total. The van der Waals surface area contributed by atoms with Crippen LogP contribution in [0.2, 0.25) is 5.02 Å². The Morgan fingerprint density at radius 1 is 1.41 bits per heavy atom. The zero-order chi connectivity index (χ0) is 12.1. The molecule has 0 bridgehead atoms. The standard InChI is InChI=1S/C12H14ClN3O/c1-9-6-11(13)3-2-10(9)7-14-5-4-12-15-8-16-17-12/h2-3,6,8,14H,4-5,7H2,1H3. The van der Waals surface area contributed by atoms with Crippen LogP contribution in [-0.4, -0.2) is 16.7 Å². The molecule has 5 heteroatoms. The highest BCUT2D eigenvalue weighted by Gasteiger charge is 2.01. The van der Waals surface area contributed by atoms with Crippen LogP contribution in [0.5, 0.6) is 0 Å². The molecule has 2 aromatic rings. The molecule has 0 aliphatic carbocycles. The number of aromatic nitrogens is 2. The Hall–Kier alpha value is -1.39. The SMILES string of the molecule is Cc1cc(Cl)ccc1CNCCc1ncno1. The highest BCUT2D eigenvalue weighted by molar-refractivity contribution is 6.30. The average molecular weight is 252 g/mol. The zero-order valence-corrected chi connectivity index (χ0v) is 10.4. The van der Waals surface area contributed by atoms with Gasteiger partial charge in [-0.1, -0.05) is 22.8 Å². The highest BCUT2D eigenvalue weighted by Crippen LogP contribution is 2.14. The van der Waals surface area contributed by atoms with Crippen LogP contribution < -0.4 is 5.32 Å². The number of aryl methyl sites for hydroxylation is 1. The van der Waals surface area contributed by atoms with Crippen LogP contribution in [0.3, 0.4) is 0 Å². The van der Waals surface area contributed by atoms with Gasteiger partial charge in [-0.2, -0.15) is 4.98 Å². The number of hydrogen-bond donors (Lipinski definition) is 1. The molecule has 0 unspecified atom stereocenters. The monoisotopic (exact) mass is 251 g/mol. The Kier molecular flexibility index (Phi) is 4.12. The summed E-state index contributed by atoms with van der Waals surface area (Å²) >= 11 is 5.90. The first-order valence-electron chi connectivity index (χ1n) is 5.47. The summed E-state index contributed by atoms with van der Waals surface area (Å²) in [5.41, 5.74) is 2.45. The van der Waals surface area contributed by atoms with Gasteiger partial charge in [-0.3, -0.25) is 0 Å². The van der Waals surface area contributed by atoms with Gasteiger partial charge in [-0.05, 0) is 30.2 Å². The predicted octanol–water partition coefficient (Wildman–Crippen LogP) is 2.36. The van der Waals surface area contributed by atoms with Gasteiger partial charge in [0, 0.05) is 24.5 Å². The van der Waals surface area contributed by atoms with Gasteiger partial charge in [0.1, 0.15) is 0 Å². The molecule has 4 nitrogen and oxygen atoms in total. The highest BCUT2D eigenvalue weighted by atomic mass is 35.5.